The van der Waals surface area contributed by atoms with Crippen molar-refractivity contribution in [2.75, 3.05) is 22.6 Å². The first-order valence-electron chi connectivity index (χ1n) is 11.3. The molecule has 1 aliphatic heterocycles. The number of hydrogen-bond donors (Lipinski definition) is 2. The molecule has 1 atom stereocenters. The lowest BCUT2D eigenvalue weighted by Gasteiger charge is -2.20. The zero-order valence-electron chi connectivity index (χ0n) is 19.0. The largest absolute Gasteiger partial charge is 0.340 e. The zero-order valence-corrected chi connectivity index (χ0v) is 19.0. The number of carbonyl (C=O) groups is 2. The van der Waals surface area contributed by atoms with Crippen molar-refractivity contribution in [3.8, 4) is 0 Å². The van der Waals surface area contributed by atoms with Crippen LogP contribution in [-0.4, -0.2) is 33.8 Å². The topological polar surface area (TPSA) is 100 Å². The van der Waals surface area contributed by atoms with Gasteiger partial charge in [-0.15, -0.1) is 0 Å². The lowest BCUT2D eigenvalue weighted by Crippen LogP contribution is -2.35. The maximum atomic E-state index is 12.9. The van der Waals surface area contributed by atoms with Crippen molar-refractivity contribution < 1.29 is 9.59 Å². The summed E-state index contributed by atoms with van der Waals surface area (Å²) in [4.78, 5) is 40.2. The number of amides is 2. The van der Waals surface area contributed by atoms with Crippen molar-refractivity contribution in [3.63, 3.8) is 0 Å². The van der Waals surface area contributed by atoms with Gasteiger partial charge in [0.25, 0.3) is 5.91 Å². The van der Waals surface area contributed by atoms with E-state index in [1.165, 1.54) is 6.33 Å². The molecule has 2 aromatic heterocycles. The standard InChI is InChI=1S/C27H22N6O2/c1-33(20-6-3-2-4-7-20)25(34)22-13-23(30-16-29-22)31-19-10-9-17-14-27(15-18(17)12-19)21-8-5-11-28-24(21)32-26(27)35/h2-13,16H,14-15H2,1H3,(H,28,32,35)(H,29,30,31). The van der Waals surface area contributed by atoms with Gasteiger partial charge >= 0.3 is 0 Å². The van der Waals surface area contributed by atoms with E-state index in [0.29, 0.717) is 30.2 Å². The first-order chi connectivity index (χ1) is 17.0. The summed E-state index contributed by atoms with van der Waals surface area (Å²) in [6.07, 6.45) is 4.33. The Morgan fingerprint density at radius 2 is 1.80 bits per heavy atom. The van der Waals surface area contributed by atoms with Crippen molar-refractivity contribution in [1.82, 2.24) is 15.0 Å². The fourth-order valence-corrected chi connectivity index (χ4v) is 4.98. The average molecular weight is 463 g/mol. The molecule has 1 aliphatic carbocycles. The van der Waals surface area contributed by atoms with Gasteiger partial charge in [0.2, 0.25) is 5.91 Å². The molecule has 3 heterocycles. The predicted octanol–water partition coefficient (Wildman–Crippen LogP) is 3.88. The Kier molecular flexibility index (Phi) is 4.81. The van der Waals surface area contributed by atoms with Crippen LogP contribution in [-0.2, 0) is 23.1 Å². The minimum Gasteiger partial charge on any atom is -0.340 e. The van der Waals surface area contributed by atoms with E-state index in [9.17, 15) is 9.59 Å². The predicted molar refractivity (Wildman–Crippen MR) is 133 cm³/mol. The Labute approximate surface area is 202 Å². The minimum atomic E-state index is -0.610. The molecule has 2 aromatic carbocycles. The summed E-state index contributed by atoms with van der Waals surface area (Å²) < 4.78 is 0. The first-order valence-corrected chi connectivity index (χ1v) is 11.3. The normalized spacial score (nSPS) is 17.6. The second-order valence-corrected chi connectivity index (χ2v) is 8.89. The van der Waals surface area contributed by atoms with Crippen LogP contribution in [0.15, 0.2) is 79.3 Å². The van der Waals surface area contributed by atoms with E-state index in [2.05, 4.69) is 25.6 Å². The summed E-state index contributed by atoms with van der Waals surface area (Å²) in [6, 6.07) is 21.0. The molecular weight excluding hydrogens is 440 g/mol. The average Bonchev–Trinajstić information content (AvgIpc) is 3.41. The third-order valence-corrected chi connectivity index (χ3v) is 6.79. The van der Waals surface area contributed by atoms with Crippen LogP contribution in [0, 0.1) is 0 Å². The number of benzene rings is 2. The Bertz CT molecular complexity index is 1470. The summed E-state index contributed by atoms with van der Waals surface area (Å²) >= 11 is 0. The molecule has 8 heteroatoms. The van der Waals surface area contributed by atoms with Gasteiger partial charge in [-0.05, 0) is 54.3 Å². The smallest absolute Gasteiger partial charge is 0.276 e. The maximum absolute atomic E-state index is 12.9. The fourth-order valence-electron chi connectivity index (χ4n) is 4.98. The monoisotopic (exact) mass is 462 g/mol. The van der Waals surface area contributed by atoms with Crippen molar-refractivity contribution in [2.24, 2.45) is 0 Å². The molecule has 0 saturated heterocycles. The van der Waals surface area contributed by atoms with Gasteiger partial charge in [0.15, 0.2) is 0 Å². The zero-order chi connectivity index (χ0) is 24.0. The Morgan fingerprint density at radius 1 is 0.971 bits per heavy atom. The number of fused-ring (bicyclic) bond motifs is 3. The van der Waals surface area contributed by atoms with E-state index in [-0.39, 0.29) is 11.8 Å². The number of nitrogens with zero attached hydrogens (tertiary/aromatic N) is 4. The summed E-state index contributed by atoms with van der Waals surface area (Å²) in [6.45, 7) is 0. The van der Waals surface area contributed by atoms with Gasteiger partial charge in [0, 0.05) is 36.2 Å². The lowest BCUT2D eigenvalue weighted by molar-refractivity contribution is -0.120. The van der Waals surface area contributed by atoms with Gasteiger partial charge in [-0.3, -0.25) is 9.59 Å². The first kappa shape index (κ1) is 21.0. The molecule has 0 radical (unpaired) electrons. The van der Waals surface area contributed by atoms with Crippen LogP contribution in [0.2, 0.25) is 0 Å². The van der Waals surface area contributed by atoms with Crippen molar-refractivity contribution >= 4 is 34.8 Å². The maximum Gasteiger partial charge on any atom is 0.276 e. The van der Waals surface area contributed by atoms with E-state index in [1.807, 2.05) is 60.7 Å². The molecule has 6 rings (SSSR count). The second-order valence-electron chi connectivity index (χ2n) is 8.89. The van der Waals surface area contributed by atoms with Gasteiger partial charge in [0.05, 0.1) is 5.41 Å². The quantitative estimate of drug-likeness (QED) is 0.477. The number of rotatable bonds is 4. The molecule has 2 amide bonds. The fraction of sp³-hybridized carbons (Fsp3) is 0.148. The summed E-state index contributed by atoms with van der Waals surface area (Å²) in [5, 5.41) is 6.22. The van der Waals surface area contributed by atoms with Crippen LogP contribution in [0.4, 0.5) is 23.0 Å². The molecule has 1 unspecified atom stereocenters. The number of para-hydroxylation sites is 1. The highest BCUT2D eigenvalue weighted by Gasteiger charge is 2.51. The Balaban J connectivity index is 1.23. The molecule has 4 aromatic rings. The molecule has 0 bridgehead atoms. The van der Waals surface area contributed by atoms with E-state index in [4.69, 9.17) is 0 Å². The van der Waals surface area contributed by atoms with E-state index in [1.54, 1.807) is 24.2 Å². The van der Waals surface area contributed by atoms with Crippen LogP contribution in [0.5, 0.6) is 0 Å². The summed E-state index contributed by atoms with van der Waals surface area (Å²) in [5.74, 6) is 0.948. The molecule has 2 N–H and O–H groups in total. The van der Waals surface area contributed by atoms with Crippen molar-refractivity contribution in [1.29, 1.82) is 0 Å². The highest BCUT2D eigenvalue weighted by molar-refractivity contribution is 6.06. The number of nitrogens with one attached hydrogen (secondary N) is 2. The number of aromatic nitrogens is 3. The summed E-state index contributed by atoms with van der Waals surface area (Å²) in [5.41, 5.74) is 4.51. The highest BCUT2D eigenvalue weighted by atomic mass is 16.2. The molecule has 35 heavy (non-hydrogen) atoms. The molecule has 1 spiro atoms. The number of pyridine rings is 1. The molecule has 2 aliphatic rings. The van der Waals surface area contributed by atoms with E-state index in [0.717, 1.165) is 28.1 Å². The SMILES string of the molecule is CN(C(=O)c1cc(Nc2ccc3c(c2)CC2(C3)C(=O)Nc3ncccc32)ncn1)c1ccccc1. The molecule has 0 saturated carbocycles. The van der Waals surface area contributed by atoms with E-state index >= 15 is 0 Å². The molecule has 8 nitrogen and oxygen atoms in total. The van der Waals surface area contributed by atoms with Crippen LogP contribution in [0.1, 0.15) is 27.2 Å². The Hall–Kier alpha value is -4.59. The molecular formula is C27H22N6O2. The van der Waals surface area contributed by atoms with Crippen LogP contribution in [0.25, 0.3) is 0 Å². The molecule has 172 valence electrons. The van der Waals surface area contributed by atoms with Gasteiger partial charge in [0.1, 0.15) is 23.7 Å². The summed E-state index contributed by atoms with van der Waals surface area (Å²) in [7, 11) is 1.72. The second kappa shape index (κ2) is 8.02. The van der Waals surface area contributed by atoms with Crippen molar-refractivity contribution in [2.45, 2.75) is 18.3 Å². The third kappa shape index (κ3) is 3.50. The molecule has 0 fully saturated rings. The number of hydrogen-bond acceptors (Lipinski definition) is 6. The van der Waals surface area contributed by atoms with Crippen LogP contribution < -0.4 is 15.5 Å². The lowest BCUT2D eigenvalue weighted by atomic mass is 9.79. The minimum absolute atomic E-state index is 0.00148. The van der Waals surface area contributed by atoms with Gasteiger partial charge < -0.3 is 15.5 Å². The van der Waals surface area contributed by atoms with Gasteiger partial charge in [-0.1, -0.05) is 30.3 Å². The van der Waals surface area contributed by atoms with Crippen LogP contribution >= 0.6 is 0 Å². The number of anilines is 4. The van der Waals surface area contributed by atoms with Gasteiger partial charge in [-0.25, -0.2) is 15.0 Å². The third-order valence-electron chi connectivity index (χ3n) is 6.79. The Morgan fingerprint density at radius 3 is 2.66 bits per heavy atom. The highest BCUT2D eigenvalue weighted by Crippen LogP contribution is 2.47. The van der Waals surface area contributed by atoms with Gasteiger partial charge in [-0.2, -0.15) is 0 Å². The number of carbonyl (C=O) groups excluding carboxylic acids is 2. The van der Waals surface area contributed by atoms with Crippen LogP contribution in [0.3, 0.4) is 0 Å². The van der Waals surface area contributed by atoms with Crippen molar-refractivity contribution in [3.05, 3.63) is 102 Å². The van der Waals surface area contributed by atoms with E-state index < -0.39 is 5.41 Å².